The third-order valence-electron chi connectivity index (χ3n) is 3.91. The van der Waals surface area contributed by atoms with Crippen molar-refractivity contribution in [1.29, 1.82) is 0 Å². The normalized spacial score (nSPS) is 21.5. The van der Waals surface area contributed by atoms with Gasteiger partial charge in [0.05, 0.1) is 11.4 Å². The number of aryl methyl sites for hydroxylation is 2. The highest BCUT2D eigenvalue weighted by atomic mass is 16.6. The summed E-state index contributed by atoms with van der Waals surface area (Å²) in [6.45, 7) is 6.56. The van der Waals surface area contributed by atoms with Gasteiger partial charge in [0.2, 0.25) is 5.91 Å². The minimum absolute atomic E-state index is 0.0856. The number of ether oxygens (including phenoxy) is 1. The van der Waals surface area contributed by atoms with Crippen LogP contribution in [0.1, 0.15) is 11.4 Å². The van der Waals surface area contributed by atoms with Crippen LogP contribution >= 0.6 is 0 Å². The Morgan fingerprint density at radius 1 is 1.32 bits per heavy atom. The Bertz CT molecular complexity index is 598. The van der Waals surface area contributed by atoms with E-state index in [0.717, 1.165) is 17.2 Å². The largest absolute Gasteiger partial charge is 0.447 e. The number of nitrogens with zero attached hydrogens (tertiary/aromatic N) is 4. The van der Waals surface area contributed by atoms with Gasteiger partial charge in [-0.15, -0.1) is 0 Å². The summed E-state index contributed by atoms with van der Waals surface area (Å²) < 4.78 is 4.77. The highest BCUT2D eigenvalue weighted by molar-refractivity contribution is 5.88. The smallest absolute Gasteiger partial charge is 0.407 e. The first-order chi connectivity index (χ1) is 10.5. The molecule has 8 nitrogen and oxygen atoms in total. The average Bonchev–Trinajstić information content (AvgIpc) is 2.96. The molecule has 8 heteroatoms. The van der Waals surface area contributed by atoms with Crippen LogP contribution in [0.5, 0.6) is 0 Å². The van der Waals surface area contributed by atoms with Gasteiger partial charge in [-0.25, -0.2) is 9.78 Å². The minimum Gasteiger partial charge on any atom is -0.447 e. The third-order valence-corrected chi connectivity index (χ3v) is 3.91. The van der Waals surface area contributed by atoms with E-state index in [4.69, 9.17) is 4.74 Å². The number of alkyl carbamates (subject to hydrolysis) is 1. The molecule has 2 aliphatic rings. The number of amides is 2. The van der Waals surface area contributed by atoms with E-state index in [1.165, 1.54) is 0 Å². The van der Waals surface area contributed by atoms with Crippen molar-refractivity contribution in [1.82, 2.24) is 20.2 Å². The average molecular weight is 305 g/mol. The van der Waals surface area contributed by atoms with Crippen molar-refractivity contribution in [3.8, 4) is 0 Å². The molecule has 0 spiro atoms. The summed E-state index contributed by atoms with van der Waals surface area (Å²) >= 11 is 0. The van der Waals surface area contributed by atoms with E-state index in [1.807, 2.05) is 13.8 Å². The predicted molar refractivity (Wildman–Crippen MR) is 78.6 cm³/mol. The summed E-state index contributed by atoms with van der Waals surface area (Å²) in [6, 6.07) is -0.556. The Kier molecular flexibility index (Phi) is 3.82. The van der Waals surface area contributed by atoms with E-state index < -0.39 is 12.1 Å². The molecule has 0 unspecified atom stereocenters. The highest BCUT2D eigenvalue weighted by Crippen LogP contribution is 2.18. The molecule has 0 aliphatic carbocycles. The van der Waals surface area contributed by atoms with Crippen molar-refractivity contribution in [3.63, 3.8) is 0 Å². The minimum atomic E-state index is -0.556. The van der Waals surface area contributed by atoms with Crippen LogP contribution in [0.15, 0.2) is 6.20 Å². The topological polar surface area (TPSA) is 87.7 Å². The van der Waals surface area contributed by atoms with Gasteiger partial charge in [0, 0.05) is 32.4 Å². The molecule has 1 aromatic rings. The van der Waals surface area contributed by atoms with Gasteiger partial charge in [-0.3, -0.25) is 9.78 Å². The molecule has 3 heterocycles. The maximum Gasteiger partial charge on any atom is 0.407 e. The maximum atomic E-state index is 12.3. The van der Waals surface area contributed by atoms with E-state index in [9.17, 15) is 9.59 Å². The van der Waals surface area contributed by atoms with Crippen molar-refractivity contribution in [2.45, 2.75) is 19.9 Å². The van der Waals surface area contributed by atoms with Crippen LogP contribution in [0.4, 0.5) is 10.6 Å². The van der Waals surface area contributed by atoms with Crippen LogP contribution in [0.2, 0.25) is 0 Å². The summed E-state index contributed by atoms with van der Waals surface area (Å²) in [5, 5.41) is 2.52. The summed E-state index contributed by atoms with van der Waals surface area (Å²) in [6.07, 6.45) is 1.23. The number of carbonyl (C=O) groups excluding carboxylic acids is 2. The van der Waals surface area contributed by atoms with Gasteiger partial charge in [0.1, 0.15) is 18.5 Å². The molecule has 0 radical (unpaired) electrons. The molecule has 2 fully saturated rings. The van der Waals surface area contributed by atoms with Crippen molar-refractivity contribution in [2.24, 2.45) is 0 Å². The maximum absolute atomic E-state index is 12.3. The highest BCUT2D eigenvalue weighted by Gasteiger charge is 2.33. The van der Waals surface area contributed by atoms with Crippen LogP contribution < -0.4 is 10.2 Å². The van der Waals surface area contributed by atoms with Gasteiger partial charge >= 0.3 is 6.09 Å². The molecule has 3 rings (SSSR count). The number of rotatable bonds is 2. The lowest BCUT2D eigenvalue weighted by Crippen LogP contribution is -2.54. The third kappa shape index (κ3) is 2.81. The van der Waals surface area contributed by atoms with Gasteiger partial charge in [0.25, 0.3) is 0 Å². The van der Waals surface area contributed by atoms with E-state index in [2.05, 4.69) is 20.2 Å². The van der Waals surface area contributed by atoms with E-state index in [0.29, 0.717) is 26.2 Å². The van der Waals surface area contributed by atoms with Crippen LogP contribution in [0.3, 0.4) is 0 Å². The van der Waals surface area contributed by atoms with Crippen molar-refractivity contribution in [3.05, 3.63) is 17.6 Å². The van der Waals surface area contributed by atoms with Crippen molar-refractivity contribution >= 4 is 17.8 Å². The Labute approximate surface area is 128 Å². The monoisotopic (exact) mass is 305 g/mol. The summed E-state index contributed by atoms with van der Waals surface area (Å²) in [5.41, 5.74) is 1.77. The number of carbonyl (C=O) groups is 2. The number of anilines is 1. The summed E-state index contributed by atoms with van der Waals surface area (Å²) in [7, 11) is 0. The summed E-state index contributed by atoms with van der Waals surface area (Å²) in [5.74, 6) is 0.794. The quantitative estimate of drug-likeness (QED) is 0.817. The van der Waals surface area contributed by atoms with Gasteiger partial charge in [-0.05, 0) is 13.8 Å². The van der Waals surface area contributed by atoms with Gasteiger partial charge in [-0.2, -0.15) is 0 Å². The summed E-state index contributed by atoms with van der Waals surface area (Å²) in [4.78, 5) is 36.1. The molecular weight excluding hydrogens is 286 g/mol. The Hall–Kier alpha value is -2.38. The predicted octanol–water partition coefficient (Wildman–Crippen LogP) is -0.150. The van der Waals surface area contributed by atoms with Gasteiger partial charge in [0.15, 0.2) is 0 Å². The Morgan fingerprint density at radius 3 is 2.68 bits per heavy atom. The Morgan fingerprint density at radius 2 is 2.05 bits per heavy atom. The van der Waals surface area contributed by atoms with Crippen LogP contribution in [-0.4, -0.2) is 65.7 Å². The second-order valence-corrected chi connectivity index (χ2v) is 5.53. The fraction of sp³-hybridized carbons (Fsp3) is 0.571. The molecule has 1 aromatic heterocycles. The number of aromatic nitrogens is 2. The number of nitrogens with one attached hydrogen (secondary N) is 1. The van der Waals surface area contributed by atoms with Crippen LogP contribution in [0.25, 0.3) is 0 Å². The standard InChI is InChI=1S/C14H19N5O3/c1-9-7-15-10(2)12(16-9)18-3-5-19(6-4-18)13(20)11-8-22-14(21)17-11/h7,11H,3-6,8H2,1-2H3,(H,17,21)/t11-/m0/s1. The van der Waals surface area contributed by atoms with E-state index >= 15 is 0 Å². The molecule has 1 atom stereocenters. The van der Waals surface area contributed by atoms with Crippen LogP contribution in [-0.2, 0) is 9.53 Å². The first-order valence-electron chi connectivity index (χ1n) is 7.32. The molecule has 1 N–H and O–H groups in total. The molecule has 0 aromatic carbocycles. The molecule has 2 aliphatic heterocycles. The number of hydrogen-bond acceptors (Lipinski definition) is 6. The zero-order valence-corrected chi connectivity index (χ0v) is 12.7. The van der Waals surface area contributed by atoms with E-state index in [-0.39, 0.29) is 12.5 Å². The number of cyclic esters (lactones) is 1. The fourth-order valence-corrected chi connectivity index (χ4v) is 2.70. The number of hydrogen-bond donors (Lipinski definition) is 1. The second-order valence-electron chi connectivity index (χ2n) is 5.53. The molecule has 0 saturated carbocycles. The molecule has 2 saturated heterocycles. The van der Waals surface area contributed by atoms with Gasteiger partial charge < -0.3 is 19.9 Å². The lowest BCUT2D eigenvalue weighted by atomic mass is 10.2. The van der Waals surface area contributed by atoms with E-state index in [1.54, 1.807) is 11.1 Å². The van der Waals surface area contributed by atoms with Crippen molar-refractivity contribution in [2.75, 3.05) is 37.7 Å². The zero-order valence-electron chi connectivity index (χ0n) is 12.7. The second kappa shape index (κ2) is 5.78. The Balaban J connectivity index is 1.61. The zero-order chi connectivity index (χ0) is 15.7. The lowest BCUT2D eigenvalue weighted by Gasteiger charge is -2.36. The fourth-order valence-electron chi connectivity index (χ4n) is 2.70. The first-order valence-corrected chi connectivity index (χ1v) is 7.32. The van der Waals surface area contributed by atoms with Gasteiger partial charge in [-0.1, -0.05) is 0 Å². The first kappa shape index (κ1) is 14.6. The lowest BCUT2D eigenvalue weighted by molar-refractivity contribution is -0.133. The van der Waals surface area contributed by atoms with Crippen molar-refractivity contribution < 1.29 is 14.3 Å². The molecule has 0 bridgehead atoms. The number of piperazine rings is 1. The molecular formula is C14H19N5O3. The molecule has 118 valence electrons. The molecule has 2 amide bonds. The van der Waals surface area contributed by atoms with Crippen LogP contribution in [0, 0.1) is 13.8 Å². The SMILES string of the molecule is Cc1cnc(C)c(N2CCN(C(=O)[C@@H]3COC(=O)N3)CC2)n1. The molecule has 22 heavy (non-hydrogen) atoms.